The van der Waals surface area contributed by atoms with Gasteiger partial charge in [-0.15, -0.1) is 0 Å². The van der Waals surface area contributed by atoms with Gasteiger partial charge in [-0.3, -0.25) is 20.4 Å². The molecule has 0 fully saturated rings. The Balaban J connectivity index is 1.81. The number of hydrogen-bond donors (Lipinski definition) is 2. The van der Waals surface area contributed by atoms with Gasteiger partial charge in [-0.2, -0.15) is 0 Å². The van der Waals surface area contributed by atoms with Crippen molar-refractivity contribution in [2.24, 2.45) is 0 Å². The predicted octanol–water partition coefficient (Wildman–Crippen LogP) is 3.26. The number of hydrogen-bond acceptors (Lipinski definition) is 4. The van der Waals surface area contributed by atoms with E-state index >= 15 is 0 Å². The number of hydrazine groups is 1. The molecular formula is C20H24N2O4. The van der Waals surface area contributed by atoms with Gasteiger partial charge in [0.15, 0.2) is 6.61 Å². The lowest BCUT2D eigenvalue weighted by Gasteiger charge is -2.14. The van der Waals surface area contributed by atoms with Crippen molar-refractivity contribution < 1.29 is 18.7 Å². The smallest absolute Gasteiger partial charge is 0.276 e. The molecule has 1 aromatic heterocycles. The highest BCUT2D eigenvalue weighted by Gasteiger charge is 2.10. The van der Waals surface area contributed by atoms with Crippen LogP contribution < -0.4 is 15.6 Å². The zero-order valence-electron chi connectivity index (χ0n) is 15.5. The van der Waals surface area contributed by atoms with Gasteiger partial charge >= 0.3 is 0 Å². The zero-order chi connectivity index (χ0) is 19.1. The number of furan rings is 1. The standard InChI is InChI=1S/C20H24N2O4/c1-13(2)17-9-5-14(3)11-18(17)25-12-20(24)22-21-19(23)10-8-16-7-6-15(4)26-16/h5-11,13H,12H2,1-4H3,(H,21,23)(H,22,24). The molecule has 0 atom stereocenters. The number of carbonyl (C=O) groups is 2. The number of aryl methyl sites for hydroxylation is 2. The molecule has 0 aliphatic heterocycles. The van der Waals surface area contributed by atoms with Crippen LogP contribution in [0.15, 0.2) is 40.8 Å². The summed E-state index contributed by atoms with van der Waals surface area (Å²) < 4.78 is 10.9. The van der Waals surface area contributed by atoms with Crippen LogP contribution in [0.1, 0.15) is 42.4 Å². The third-order valence-electron chi connectivity index (χ3n) is 3.64. The molecule has 1 heterocycles. The topological polar surface area (TPSA) is 80.6 Å². The molecule has 0 aliphatic rings. The van der Waals surface area contributed by atoms with Crippen molar-refractivity contribution in [1.82, 2.24) is 10.9 Å². The number of rotatable bonds is 6. The summed E-state index contributed by atoms with van der Waals surface area (Å²) >= 11 is 0. The first-order valence-electron chi connectivity index (χ1n) is 8.42. The summed E-state index contributed by atoms with van der Waals surface area (Å²) in [6.07, 6.45) is 2.80. The van der Waals surface area contributed by atoms with Crippen LogP contribution >= 0.6 is 0 Å². The molecule has 0 unspecified atom stereocenters. The zero-order valence-corrected chi connectivity index (χ0v) is 15.5. The summed E-state index contributed by atoms with van der Waals surface area (Å²) in [6.45, 7) is 7.71. The molecule has 2 aromatic rings. The molecular weight excluding hydrogens is 332 g/mol. The van der Waals surface area contributed by atoms with Gasteiger partial charge in [-0.05, 0) is 55.2 Å². The number of ether oxygens (including phenoxy) is 1. The minimum Gasteiger partial charge on any atom is -0.483 e. The van der Waals surface area contributed by atoms with Crippen molar-refractivity contribution >= 4 is 17.9 Å². The Labute approximate surface area is 153 Å². The minimum atomic E-state index is -0.467. The van der Waals surface area contributed by atoms with Crippen LogP contribution in [0.4, 0.5) is 0 Å². The van der Waals surface area contributed by atoms with Crippen LogP contribution in [0.25, 0.3) is 6.08 Å². The van der Waals surface area contributed by atoms with Gasteiger partial charge in [-0.1, -0.05) is 26.0 Å². The second-order valence-corrected chi connectivity index (χ2v) is 6.30. The van der Waals surface area contributed by atoms with Gasteiger partial charge in [0.1, 0.15) is 17.3 Å². The van der Waals surface area contributed by atoms with Gasteiger partial charge in [0.25, 0.3) is 11.8 Å². The average molecular weight is 356 g/mol. The molecule has 138 valence electrons. The molecule has 0 aliphatic carbocycles. The first kappa shape index (κ1) is 19.3. The SMILES string of the molecule is Cc1ccc(C(C)C)c(OCC(=O)NNC(=O)C=Cc2ccc(C)o2)c1. The van der Waals surface area contributed by atoms with Gasteiger partial charge in [0, 0.05) is 6.08 Å². The van der Waals surface area contributed by atoms with Crippen LogP contribution in [0.2, 0.25) is 0 Å². The lowest BCUT2D eigenvalue weighted by molar-refractivity contribution is -0.128. The molecule has 26 heavy (non-hydrogen) atoms. The van der Waals surface area contributed by atoms with Crippen LogP contribution in [0.5, 0.6) is 5.75 Å². The summed E-state index contributed by atoms with van der Waals surface area (Å²) in [7, 11) is 0. The quantitative estimate of drug-likeness (QED) is 0.615. The third-order valence-corrected chi connectivity index (χ3v) is 3.64. The number of nitrogens with one attached hydrogen (secondary N) is 2. The Hall–Kier alpha value is -3.02. The fraction of sp³-hybridized carbons (Fsp3) is 0.300. The van der Waals surface area contributed by atoms with Crippen molar-refractivity contribution in [3.63, 3.8) is 0 Å². The summed E-state index contributed by atoms with van der Waals surface area (Å²) in [4.78, 5) is 23.6. The van der Waals surface area contributed by atoms with E-state index < -0.39 is 11.8 Å². The Morgan fingerprint density at radius 2 is 1.92 bits per heavy atom. The lowest BCUT2D eigenvalue weighted by atomic mass is 10.0. The first-order chi connectivity index (χ1) is 12.3. The van der Waals surface area contributed by atoms with E-state index in [4.69, 9.17) is 9.15 Å². The van der Waals surface area contributed by atoms with E-state index in [1.807, 2.05) is 32.0 Å². The molecule has 6 nitrogen and oxygen atoms in total. The van der Waals surface area contributed by atoms with Crippen molar-refractivity contribution in [1.29, 1.82) is 0 Å². The van der Waals surface area contributed by atoms with E-state index in [9.17, 15) is 9.59 Å². The van der Waals surface area contributed by atoms with Gasteiger partial charge in [0.2, 0.25) is 0 Å². The third kappa shape index (κ3) is 5.81. The first-order valence-corrected chi connectivity index (χ1v) is 8.42. The summed E-state index contributed by atoms with van der Waals surface area (Å²) in [6, 6.07) is 9.45. The van der Waals surface area contributed by atoms with Crippen molar-refractivity contribution in [3.8, 4) is 5.75 Å². The Morgan fingerprint density at radius 3 is 2.58 bits per heavy atom. The van der Waals surface area contributed by atoms with Crippen LogP contribution in [0, 0.1) is 13.8 Å². The summed E-state index contributed by atoms with van der Waals surface area (Å²) in [5.41, 5.74) is 6.69. The number of benzene rings is 1. The van der Waals surface area contributed by atoms with Crippen molar-refractivity contribution in [2.75, 3.05) is 6.61 Å². The lowest BCUT2D eigenvalue weighted by Crippen LogP contribution is -2.43. The highest BCUT2D eigenvalue weighted by molar-refractivity contribution is 5.92. The Morgan fingerprint density at radius 1 is 1.15 bits per heavy atom. The Kier molecular flexibility index (Phi) is 6.60. The van der Waals surface area contributed by atoms with Crippen LogP contribution in [0.3, 0.4) is 0 Å². The van der Waals surface area contributed by atoms with E-state index in [-0.39, 0.29) is 12.5 Å². The fourth-order valence-electron chi connectivity index (χ4n) is 2.30. The molecule has 0 saturated carbocycles. The van der Waals surface area contributed by atoms with E-state index in [1.165, 1.54) is 12.2 Å². The fourth-order valence-corrected chi connectivity index (χ4v) is 2.30. The molecule has 0 radical (unpaired) electrons. The second kappa shape index (κ2) is 8.89. The largest absolute Gasteiger partial charge is 0.483 e. The summed E-state index contributed by atoms with van der Waals surface area (Å²) in [5, 5.41) is 0. The molecule has 0 bridgehead atoms. The summed E-state index contributed by atoms with van der Waals surface area (Å²) in [5.74, 6) is 1.36. The molecule has 0 spiro atoms. The van der Waals surface area contributed by atoms with E-state index in [2.05, 4.69) is 24.7 Å². The number of amides is 2. The maximum Gasteiger partial charge on any atom is 0.276 e. The maximum atomic E-state index is 11.9. The molecule has 2 amide bonds. The molecule has 6 heteroatoms. The molecule has 2 N–H and O–H groups in total. The monoisotopic (exact) mass is 356 g/mol. The normalized spacial score (nSPS) is 11.0. The maximum absolute atomic E-state index is 11.9. The van der Waals surface area contributed by atoms with Crippen molar-refractivity contribution in [2.45, 2.75) is 33.6 Å². The van der Waals surface area contributed by atoms with Crippen molar-refractivity contribution in [3.05, 3.63) is 59.1 Å². The van der Waals surface area contributed by atoms with E-state index in [0.717, 1.165) is 16.9 Å². The van der Waals surface area contributed by atoms with Gasteiger partial charge in [0.05, 0.1) is 0 Å². The molecule has 1 aromatic carbocycles. The van der Waals surface area contributed by atoms with Gasteiger partial charge in [-0.25, -0.2) is 0 Å². The van der Waals surface area contributed by atoms with Gasteiger partial charge < -0.3 is 9.15 Å². The number of carbonyl (C=O) groups excluding carboxylic acids is 2. The predicted molar refractivity (Wildman–Crippen MR) is 99.5 cm³/mol. The Bertz CT molecular complexity index is 806. The van der Waals surface area contributed by atoms with E-state index in [0.29, 0.717) is 11.5 Å². The highest BCUT2D eigenvalue weighted by Crippen LogP contribution is 2.27. The molecule has 0 saturated heterocycles. The van der Waals surface area contributed by atoms with Crippen LogP contribution in [-0.4, -0.2) is 18.4 Å². The van der Waals surface area contributed by atoms with Crippen LogP contribution in [-0.2, 0) is 9.59 Å². The second-order valence-electron chi connectivity index (χ2n) is 6.30. The highest BCUT2D eigenvalue weighted by atomic mass is 16.5. The average Bonchev–Trinajstić information content (AvgIpc) is 3.01. The molecule has 2 rings (SSSR count). The van der Waals surface area contributed by atoms with E-state index in [1.54, 1.807) is 12.1 Å². The minimum absolute atomic E-state index is 0.190.